The lowest BCUT2D eigenvalue weighted by Gasteiger charge is -2.15. The Morgan fingerprint density at radius 2 is 2.18 bits per heavy atom. The number of pyridine rings is 1. The van der Waals surface area contributed by atoms with Crippen LogP contribution in [0, 0.1) is 0 Å². The molecule has 17 heavy (non-hydrogen) atoms. The van der Waals surface area contributed by atoms with Crippen molar-refractivity contribution < 1.29 is 0 Å². The van der Waals surface area contributed by atoms with Gasteiger partial charge in [-0.15, -0.1) is 0 Å². The van der Waals surface area contributed by atoms with Crippen LogP contribution in [0.4, 0.5) is 5.69 Å². The molecule has 1 aliphatic heterocycles. The summed E-state index contributed by atoms with van der Waals surface area (Å²) in [7, 11) is 2.17. The van der Waals surface area contributed by atoms with Crippen molar-refractivity contribution in [2.24, 2.45) is 0 Å². The first-order valence-corrected chi connectivity index (χ1v) is 6.12. The molecule has 2 heterocycles. The number of hydrogen-bond donors (Lipinski definition) is 1. The van der Waals surface area contributed by atoms with Gasteiger partial charge in [0.25, 0.3) is 0 Å². The predicted molar refractivity (Wildman–Crippen MR) is 71.3 cm³/mol. The number of anilines is 1. The van der Waals surface area contributed by atoms with Gasteiger partial charge in [-0.3, -0.25) is 4.98 Å². The Kier molecular flexibility index (Phi) is 2.69. The third-order valence-corrected chi connectivity index (χ3v) is 3.40. The maximum Gasteiger partial charge on any atom is 0.0722 e. The Balaban J connectivity index is 1.90. The number of benzene rings is 1. The van der Waals surface area contributed by atoms with Crippen LogP contribution in [0.5, 0.6) is 0 Å². The highest BCUT2D eigenvalue weighted by molar-refractivity contribution is 5.90. The zero-order chi connectivity index (χ0) is 11.7. The van der Waals surface area contributed by atoms with Crippen LogP contribution in [0.15, 0.2) is 36.5 Å². The summed E-state index contributed by atoms with van der Waals surface area (Å²) in [4.78, 5) is 6.74. The van der Waals surface area contributed by atoms with E-state index in [-0.39, 0.29) is 0 Å². The summed E-state index contributed by atoms with van der Waals surface area (Å²) in [5.74, 6) is 0. The van der Waals surface area contributed by atoms with Crippen LogP contribution in [0.1, 0.15) is 6.42 Å². The smallest absolute Gasteiger partial charge is 0.0722 e. The van der Waals surface area contributed by atoms with Crippen LogP contribution in [0.25, 0.3) is 10.9 Å². The molecule has 1 aliphatic rings. The highest BCUT2D eigenvalue weighted by Crippen LogP contribution is 2.23. The Morgan fingerprint density at radius 1 is 1.29 bits per heavy atom. The molecule has 0 spiro atoms. The second kappa shape index (κ2) is 4.34. The van der Waals surface area contributed by atoms with Crippen molar-refractivity contribution >= 4 is 16.6 Å². The first kappa shape index (κ1) is 10.5. The van der Waals surface area contributed by atoms with Crippen molar-refractivity contribution in [1.82, 2.24) is 9.88 Å². The van der Waals surface area contributed by atoms with Crippen molar-refractivity contribution in [3.05, 3.63) is 36.5 Å². The highest BCUT2D eigenvalue weighted by atomic mass is 15.2. The van der Waals surface area contributed by atoms with E-state index in [1.165, 1.54) is 24.0 Å². The van der Waals surface area contributed by atoms with E-state index >= 15 is 0 Å². The van der Waals surface area contributed by atoms with Crippen molar-refractivity contribution in [3.63, 3.8) is 0 Å². The lowest BCUT2D eigenvalue weighted by molar-refractivity contribution is 0.414. The first-order valence-electron chi connectivity index (χ1n) is 6.12. The summed E-state index contributed by atoms with van der Waals surface area (Å²) in [5, 5.41) is 4.85. The maximum atomic E-state index is 4.38. The van der Waals surface area contributed by atoms with Crippen LogP contribution in [0.3, 0.4) is 0 Å². The number of aromatic nitrogens is 1. The Morgan fingerprint density at radius 3 is 3.00 bits per heavy atom. The summed E-state index contributed by atoms with van der Waals surface area (Å²) in [6.07, 6.45) is 3.09. The number of fused-ring (bicyclic) bond motifs is 1. The molecule has 1 aromatic heterocycles. The largest absolute Gasteiger partial charge is 0.380 e. The molecule has 2 aromatic rings. The minimum absolute atomic E-state index is 0.561. The van der Waals surface area contributed by atoms with Gasteiger partial charge in [0.1, 0.15) is 0 Å². The van der Waals surface area contributed by atoms with Crippen LogP contribution in [-0.4, -0.2) is 36.1 Å². The molecule has 1 N–H and O–H groups in total. The summed E-state index contributed by atoms with van der Waals surface area (Å²) in [5.41, 5.74) is 2.26. The van der Waals surface area contributed by atoms with Crippen LogP contribution >= 0.6 is 0 Å². The third-order valence-electron chi connectivity index (χ3n) is 3.40. The van der Waals surface area contributed by atoms with Gasteiger partial charge in [-0.1, -0.05) is 18.2 Å². The molecule has 3 nitrogen and oxygen atoms in total. The van der Waals surface area contributed by atoms with Gasteiger partial charge in [0.2, 0.25) is 0 Å². The molecule has 1 unspecified atom stereocenters. The van der Waals surface area contributed by atoms with E-state index in [4.69, 9.17) is 0 Å². The predicted octanol–water partition coefficient (Wildman–Crippen LogP) is 2.35. The average molecular weight is 227 g/mol. The SMILES string of the molecule is CN1CCC(Nc2ccnc3ccccc23)C1. The van der Waals surface area contributed by atoms with E-state index in [9.17, 15) is 0 Å². The molecule has 1 atom stereocenters. The second-order valence-corrected chi connectivity index (χ2v) is 4.77. The number of likely N-dealkylation sites (tertiary alicyclic amines) is 1. The number of para-hydroxylation sites is 1. The molecular weight excluding hydrogens is 210 g/mol. The number of rotatable bonds is 2. The Hall–Kier alpha value is -1.61. The monoisotopic (exact) mass is 227 g/mol. The van der Waals surface area contributed by atoms with E-state index in [1.54, 1.807) is 0 Å². The van der Waals surface area contributed by atoms with Gasteiger partial charge in [-0.25, -0.2) is 0 Å². The van der Waals surface area contributed by atoms with Gasteiger partial charge < -0.3 is 10.2 Å². The molecule has 3 heteroatoms. The van der Waals surface area contributed by atoms with E-state index in [1.807, 2.05) is 12.3 Å². The zero-order valence-electron chi connectivity index (χ0n) is 10.1. The number of nitrogens with one attached hydrogen (secondary N) is 1. The van der Waals surface area contributed by atoms with Gasteiger partial charge >= 0.3 is 0 Å². The molecule has 0 aliphatic carbocycles. The second-order valence-electron chi connectivity index (χ2n) is 4.77. The Labute approximate surface area is 101 Å². The third kappa shape index (κ3) is 2.11. The van der Waals surface area contributed by atoms with Gasteiger partial charge in [0, 0.05) is 29.9 Å². The molecule has 0 amide bonds. The Bertz CT molecular complexity index is 518. The molecular formula is C14H17N3. The number of likely N-dealkylation sites (N-methyl/N-ethyl adjacent to an activating group) is 1. The minimum Gasteiger partial charge on any atom is -0.380 e. The zero-order valence-corrected chi connectivity index (χ0v) is 10.1. The maximum absolute atomic E-state index is 4.38. The normalized spacial score (nSPS) is 20.9. The standard InChI is InChI=1S/C14H17N3/c1-17-9-7-11(10-17)16-14-6-8-15-13-5-3-2-4-12(13)14/h2-6,8,11H,7,9-10H2,1H3,(H,15,16). The molecule has 88 valence electrons. The minimum atomic E-state index is 0.561. The lowest BCUT2D eigenvalue weighted by Crippen LogP contribution is -2.23. The highest BCUT2D eigenvalue weighted by Gasteiger charge is 2.19. The fraction of sp³-hybridized carbons (Fsp3) is 0.357. The molecule has 0 saturated carbocycles. The summed E-state index contributed by atoms with van der Waals surface area (Å²) in [6.45, 7) is 2.30. The van der Waals surface area contributed by atoms with Crippen LogP contribution in [-0.2, 0) is 0 Å². The molecule has 0 radical (unpaired) electrons. The van der Waals surface area contributed by atoms with Crippen LogP contribution < -0.4 is 5.32 Å². The van der Waals surface area contributed by atoms with Gasteiger partial charge in [0.15, 0.2) is 0 Å². The summed E-state index contributed by atoms with van der Waals surface area (Å²) < 4.78 is 0. The van der Waals surface area contributed by atoms with Gasteiger partial charge in [-0.2, -0.15) is 0 Å². The van der Waals surface area contributed by atoms with Crippen LogP contribution in [0.2, 0.25) is 0 Å². The van der Waals surface area contributed by atoms with E-state index in [0.717, 1.165) is 12.1 Å². The van der Waals surface area contributed by atoms with Gasteiger partial charge in [-0.05, 0) is 32.1 Å². The number of hydrogen-bond acceptors (Lipinski definition) is 3. The summed E-state index contributed by atoms with van der Waals surface area (Å²) in [6, 6.07) is 10.9. The fourth-order valence-corrected chi connectivity index (χ4v) is 2.49. The average Bonchev–Trinajstić information content (AvgIpc) is 2.75. The molecule has 0 bridgehead atoms. The van der Waals surface area contributed by atoms with Crippen molar-refractivity contribution in [3.8, 4) is 0 Å². The van der Waals surface area contributed by atoms with E-state index in [2.05, 4.69) is 46.5 Å². The van der Waals surface area contributed by atoms with E-state index < -0.39 is 0 Å². The quantitative estimate of drug-likeness (QED) is 0.853. The fourth-order valence-electron chi connectivity index (χ4n) is 2.49. The molecule has 3 rings (SSSR count). The summed E-state index contributed by atoms with van der Waals surface area (Å²) >= 11 is 0. The first-order chi connectivity index (χ1) is 8.33. The van der Waals surface area contributed by atoms with Crippen molar-refractivity contribution in [2.45, 2.75) is 12.5 Å². The van der Waals surface area contributed by atoms with Gasteiger partial charge in [0.05, 0.1) is 5.52 Å². The van der Waals surface area contributed by atoms with Crippen molar-refractivity contribution in [1.29, 1.82) is 0 Å². The molecule has 1 fully saturated rings. The molecule has 1 aromatic carbocycles. The lowest BCUT2D eigenvalue weighted by atomic mass is 10.1. The molecule has 1 saturated heterocycles. The topological polar surface area (TPSA) is 28.2 Å². The number of nitrogens with zero attached hydrogens (tertiary/aromatic N) is 2. The van der Waals surface area contributed by atoms with E-state index in [0.29, 0.717) is 6.04 Å². The van der Waals surface area contributed by atoms with Crippen molar-refractivity contribution in [2.75, 3.05) is 25.5 Å².